The van der Waals surface area contributed by atoms with E-state index in [2.05, 4.69) is 12.2 Å². The molecule has 2 atom stereocenters. The van der Waals surface area contributed by atoms with Crippen LogP contribution in [0.25, 0.3) is 0 Å². The number of amides is 1. The average Bonchev–Trinajstić information content (AvgIpc) is 3.21. The Bertz CT molecular complexity index is 808. The number of fused-ring (bicyclic) bond motifs is 2. The number of hydrogen-bond acceptors (Lipinski definition) is 4. The molecule has 5 nitrogen and oxygen atoms in total. The van der Waals surface area contributed by atoms with E-state index in [-0.39, 0.29) is 12.0 Å². The lowest BCUT2D eigenvalue weighted by Gasteiger charge is -2.15. The number of hydrogen-bond donors (Lipinski definition) is 1. The van der Waals surface area contributed by atoms with E-state index in [0.717, 1.165) is 40.4 Å². The van der Waals surface area contributed by atoms with Crippen molar-refractivity contribution in [3.05, 3.63) is 53.1 Å². The molecular formula is C21H23NO4. The van der Waals surface area contributed by atoms with E-state index >= 15 is 0 Å². The van der Waals surface area contributed by atoms with Gasteiger partial charge in [-0.15, -0.1) is 0 Å². The van der Waals surface area contributed by atoms with Crippen LogP contribution in [0.4, 0.5) is 0 Å². The number of carbonyl (C=O) groups is 1. The average molecular weight is 353 g/mol. The van der Waals surface area contributed by atoms with Gasteiger partial charge in [0, 0.05) is 30.5 Å². The van der Waals surface area contributed by atoms with Crippen LogP contribution in [-0.4, -0.2) is 24.7 Å². The molecule has 0 saturated heterocycles. The molecule has 0 spiro atoms. The Morgan fingerprint density at radius 3 is 2.81 bits per heavy atom. The van der Waals surface area contributed by atoms with Crippen LogP contribution in [0.5, 0.6) is 17.2 Å². The minimum absolute atomic E-state index is 0.113. The fourth-order valence-electron chi connectivity index (χ4n) is 3.53. The van der Waals surface area contributed by atoms with Gasteiger partial charge < -0.3 is 19.5 Å². The van der Waals surface area contributed by atoms with Crippen LogP contribution in [0, 0.1) is 0 Å². The molecule has 136 valence electrons. The maximum absolute atomic E-state index is 12.5. The van der Waals surface area contributed by atoms with Crippen molar-refractivity contribution in [3.8, 4) is 17.2 Å². The van der Waals surface area contributed by atoms with E-state index in [1.807, 2.05) is 43.3 Å². The second-order valence-electron chi connectivity index (χ2n) is 6.77. The standard InChI is InChI=1S/C21H23NO4/c1-3-24-18-10-15-8-13(2)25-19(15)11-16(18)12-22-21(23)20-9-14-6-4-5-7-17(14)26-20/h4-7,10-11,13,20H,3,8-9,12H2,1-2H3,(H,22,23)/t13-,20+/m1/s1. The molecular weight excluding hydrogens is 330 g/mol. The number of rotatable bonds is 5. The maximum Gasteiger partial charge on any atom is 0.261 e. The third-order valence-corrected chi connectivity index (χ3v) is 4.77. The molecule has 0 fully saturated rings. The first kappa shape index (κ1) is 16.8. The van der Waals surface area contributed by atoms with E-state index in [1.54, 1.807) is 0 Å². The summed E-state index contributed by atoms with van der Waals surface area (Å²) in [5.74, 6) is 2.37. The third kappa shape index (κ3) is 3.21. The van der Waals surface area contributed by atoms with Crippen molar-refractivity contribution >= 4 is 5.91 Å². The Labute approximate surface area is 153 Å². The van der Waals surface area contributed by atoms with Crippen molar-refractivity contribution in [1.29, 1.82) is 0 Å². The predicted molar refractivity (Wildman–Crippen MR) is 97.8 cm³/mol. The Morgan fingerprint density at radius 1 is 1.15 bits per heavy atom. The van der Waals surface area contributed by atoms with Crippen LogP contribution in [0.15, 0.2) is 36.4 Å². The molecule has 1 amide bonds. The molecule has 0 aliphatic carbocycles. The molecule has 0 radical (unpaired) electrons. The molecule has 2 aliphatic rings. The van der Waals surface area contributed by atoms with Gasteiger partial charge in [0.15, 0.2) is 6.10 Å². The fourth-order valence-corrected chi connectivity index (χ4v) is 3.53. The van der Waals surface area contributed by atoms with Crippen molar-refractivity contribution in [2.75, 3.05) is 6.61 Å². The summed E-state index contributed by atoms with van der Waals surface area (Å²) < 4.78 is 17.4. The zero-order valence-electron chi connectivity index (χ0n) is 15.1. The molecule has 0 aromatic heterocycles. The van der Waals surface area contributed by atoms with Crippen LogP contribution >= 0.6 is 0 Å². The Morgan fingerprint density at radius 2 is 2.00 bits per heavy atom. The van der Waals surface area contributed by atoms with Crippen molar-refractivity contribution in [2.45, 2.75) is 45.4 Å². The summed E-state index contributed by atoms with van der Waals surface area (Å²) in [6, 6.07) is 11.8. The number of nitrogens with one attached hydrogen (secondary N) is 1. The maximum atomic E-state index is 12.5. The van der Waals surface area contributed by atoms with Gasteiger partial charge in [-0.3, -0.25) is 4.79 Å². The summed E-state index contributed by atoms with van der Waals surface area (Å²) in [6.45, 7) is 4.97. The number of benzene rings is 2. The summed E-state index contributed by atoms with van der Waals surface area (Å²) in [7, 11) is 0. The highest BCUT2D eigenvalue weighted by atomic mass is 16.5. The highest BCUT2D eigenvalue weighted by Crippen LogP contribution is 2.35. The van der Waals surface area contributed by atoms with Crippen molar-refractivity contribution in [1.82, 2.24) is 5.32 Å². The van der Waals surface area contributed by atoms with E-state index in [4.69, 9.17) is 14.2 Å². The molecule has 0 saturated carbocycles. The number of ether oxygens (including phenoxy) is 3. The zero-order chi connectivity index (χ0) is 18.1. The molecule has 0 bridgehead atoms. The SMILES string of the molecule is CCOc1cc2c(cc1CNC(=O)[C@@H]1Cc3ccccc3O1)O[C@H](C)C2. The lowest BCUT2D eigenvalue weighted by atomic mass is 10.1. The van der Waals surface area contributed by atoms with Gasteiger partial charge in [-0.25, -0.2) is 0 Å². The van der Waals surface area contributed by atoms with Crippen LogP contribution in [0.1, 0.15) is 30.5 Å². The number of para-hydroxylation sites is 1. The summed E-state index contributed by atoms with van der Waals surface area (Å²) in [5.41, 5.74) is 3.15. The largest absolute Gasteiger partial charge is 0.494 e. The van der Waals surface area contributed by atoms with E-state index < -0.39 is 6.10 Å². The molecule has 2 heterocycles. The van der Waals surface area contributed by atoms with Crippen molar-refractivity contribution in [3.63, 3.8) is 0 Å². The molecule has 2 aromatic carbocycles. The number of carbonyl (C=O) groups excluding carboxylic acids is 1. The van der Waals surface area contributed by atoms with Gasteiger partial charge in [-0.2, -0.15) is 0 Å². The van der Waals surface area contributed by atoms with E-state index in [1.165, 1.54) is 0 Å². The minimum atomic E-state index is -0.478. The highest BCUT2D eigenvalue weighted by Gasteiger charge is 2.29. The topological polar surface area (TPSA) is 56.8 Å². The lowest BCUT2D eigenvalue weighted by molar-refractivity contribution is -0.127. The van der Waals surface area contributed by atoms with Gasteiger partial charge in [0.25, 0.3) is 5.91 Å². The molecule has 5 heteroatoms. The second-order valence-corrected chi connectivity index (χ2v) is 6.77. The fraction of sp³-hybridized carbons (Fsp3) is 0.381. The molecule has 4 rings (SSSR count). The van der Waals surface area contributed by atoms with Gasteiger partial charge in [0.05, 0.1) is 6.61 Å². The first-order valence-electron chi connectivity index (χ1n) is 9.11. The van der Waals surface area contributed by atoms with E-state index in [0.29, 0.717) is 19.6 Å². The van der Waals surface area contributed by atoms with Gasteiger partial charge in [0.2, 0.25) is 0 Å². The second kappa shape index (κ2) is 6.90. The quantitative estimate of drug-likeness (QED) is 0.898. The van der Waals surface area contributed by atoms with Gasteiger partial charge in [-0.05, 0) is 37.6 Å². The van der Waals surface area contributed by atoms with Gasteiger partial charge >= 0.3 is 0 Å². The van der Waals surface area contributed by atoms with E-state index in [9.17, 15) is 4.79 Å². The molecule has 26 heavy (non-hydrogen) atoms. The molecule has 0 unspecified atom stereocenters. The lowest BCUT2D eigenvalue weighted by Crippen LogP contribution is -2.37. The molecule has 2 aliphatic heterocycles. The molecule has 2 aromatic rings. The third-order valence-electron chi connectivity index (χ3n) is 4.77. The van der Waals surface area contributed by atoms with Crippen molar-refractivity contribution < 1.29 is 19.0 Å². The first-order valence-corrected chi connectivity index (χ1v) is 9.11. The van der Waals surface area contributed by atoms with Crippen LogP contribution in [-0.2, 0) is 24.2 Å². The minimum Gasteiger partial charge on any atom is -0.494 e. The molecule has 1 N–H and O–H groups in total. The smallest absolute Gasteiger partial charge is 0.261 e. The Balaban J connectivity index is 1.45. The van der Waals surface area contributed by atoms with Crippen molar-refractivity contribution in [2.24, 2.45) is 0 Å². The summed E-state index contributed by atoms with van der Waals surface area (Å²) >= 11 is 0. The Kier molecular flexibility index (Phi) is 4.45. The van der Waals surface area contributed by atoms with Crippen LogP contribution in [0.3, 0.4) is 0 Å². The summed E-state index contributed by atoms with van der Waals surface area (Å²) in [5, 5.41) is 2.98. The highest BCUT2D eigenvalue weighted by molar-refractivity contribution is 5.82. The predicted octanol–water partition coefficient (Wildman–Crippen LogP) is 3.03. The van der Waals surface area contributed by atoms with Gasteiger partial charge in [0.1, 0.15) is 23.4 Å². The normalized spacial score (nSPS) is 19.9. The van der Waals surface area contributed by atoms with Crippen LogP contribution < -0.4 is 19.5 Å². The van der Waals surface area contributed by atoms with Crippen LogP contribution in [0.2, 0.25) is 0 Å². The zero-order valence-corrected chi connectivity index (χ0v) is 15.1. The first-order chi connectivity index (χ1) is 12.6. The summed E-state index contributed by atoms with van der Waals surface area (Å²) in [6.07, 6.45) is 1.19. The van der Waals surface area contributed by atoms with Gasteiger partial charge in [-0.1, -0.05) is 18.2 Å². The summed E-state index contributed by atoms with van der Waals surface area (Å²) in [4.78, 5) is 12.5. The monoisotopic (exact) mass is 353 g/mol. The Hall–Kier alpha value is -2.69.